The summed E-state index contributed by atoms with van der Waals surface area (Å²) >= 11 is 0. The van der Waals surface area contributed by atoms with Crippen molar-refractivity contribution < 1.29 is 29.5 Å². The van der Waals surface area contributed by atoms with Crippen LogP contribution < -0.4 is 5.32 Å². The number of rotatable bonds is 6. The molecule has 0 bridgehead atoms. The molecule has 2 saturated heterocycles. The summed E-state index contributed by atoms with van der Waals surface area (Å²) in [5.74, 6) is -2.23. The quantitative estimate of drug-likeness (QED) is 0.564. The van der Waals surface area contributed by atoms with Crippen LogP contribution in [0.25, 0.3) is 0 Å². The van der Waals surface area contributed by atoms with Crippen LogP contribution in [-0.2, 0) is 19.1 Å². The van der Waals surface area contributed by atoms with Gasteiger partial charge in [-0.1, -0.05) is 13.3 Å². The SMILES string of the molecule is CCCC[C@]1(C(=O)OCC)[NH2+][C@@H](c2ccc(O)cc2)[C@H]2C(=O)N(C)C(=O)[C@H]21. The van der Waals surface area contributed by atoms with E-state index in [0.29, 0.717) is 6.42 Å². The number of nitrogens with zero attached hydrogens (tertiary/aromatic N) is 1. The molecule has 2 fully saturated rings. The van der Waals surface area contributed by atoms with Crippen molar-refractivity contribution in [3.05, 3.63) is 29.8 Å². The minimum absolute atomic E-state index is 0.127. The monoisotopic (exact) mass is 375 g/mol. The van der Waals surface area contributed by atoms with Gasteiger partial charge in [-0.3, -0.25) is 14.5 Å². The van der Waals surface area contributed by atoms with Crippen molar-refractivity contribution in [3.8, 4) is 5.75 Å². The maximum atomic E-state index is 13.0. The van der Waals surface area contributed by atoms with Gasteiger partial charge in [0.1, 0.15) is 23.6 Å². The van der Waals surface area contributed by atoms with Crippen molar-refractivity contribution >= 4 is 17.8 Å². The lowest BCUT2D eigenvalue weighted by molar-refractivity contribution is -0.735. The number of imide groups is 1. The molecule has 2 aliphatic heterocycles. The number of nitrogens with two attached hydrogens (primary N) is 1. The fraction of sp³-hybridized carbons (Fsp3) is 0.550. The summed E-state index contributed by atoms with van der Waals surface area (Å²) in [6.45, 7) is 3.99. The van der Waals surface area contributed by atoms with Gasteiger partial charge in [-0.25, -0.2) is 4.79 Å². The van der Waals surface area contributed by atoms with Crippen molar-refractivity contribution in [1.82, 2.24) is 4.90 Å². The molecule has 1 aromatic rings. The fourth-order valence-corrected chi connectivity index (χ4v) is 4.54. The molecule has 27 heavy (non-hydrogen) atoms. The number of benzene rings is 1. The highest BCUT2D eigenvalue weighted by atomic mass is 16.5. The summed E-state index contributed by atoms with van der Waals surface area (Å²) in [6, 6.07) is 6.22. The standard InChI is InChI=1S/C20H26N2O5/c1-4-6-11-20(19(26)27-5-2)15-14(17(24)22(3)18(15)25)16(21-20)12-7-9-13(23)10-8-12/h7-10,14-16,21,23H,4-6,11H2,1-3H3/p+1/t14-,15-,16-,20-/m0/s1. The van der Waals surface area contributed by atoms with Crippen LogP contribution in [0.2, 0.25) is 0 Å². The lowest BCUT2D eigenvalue weighted by atomic mass is 9.76. The molecule has 2 aliphatic rings. The second kappa shape index (κ2) is 7.31. The summed E-state index contributed by atoms with van der Waals surface area (Å²) in [5.41, 5.74) is -0.293. The van der Waals surface area contributed by atoms with E-state index in [9.17, 15) is 19.5 Å². The van der Waals surface area contributed by atoms with Crippen LogP contribution in [-0.4, -0.2) is 47.0 Å². The topological polar surface area (TPSA) is 101 Å². The Morgan fingerprint density at radius 2 is 1.89 bits per heavy atom. The molecule has 0 radical (unpaired) electrons. The molecule has 0 aliphatic carbocycles. The molecule has 3 N–H and O–H groups in total. The van der Waals surface area contributed by atoms with Gasteiger partial charge in [-0.15, -0.1) is 0 Å². The van der Waals surface area contributed by atoms with Gasteiger partial charge in [0, 0.05) is 19.0 Å². The van der Waals surface area contributed by atoms with Crippen LogP contribution in [0.4, 0.5) is 0 Å². The Morgan fingerprint density at radius 3 is 2.48 bits per heavy atom. The molecule has 0 aromatic heterocycles. The molecule has 0 spiro atoms. The molecular formula is C20H27N2O5+. The first-order valence-corrected chi connectivity index (χ1v) is 9.51. The molecule has 2 amide bonds. The normalized spacial score (nSPS) is 29.9. The van der Waals surface area contributed by atoms with E-state index in [4.69, 9.17) is 4.74 Å². The van der Waals surface area contributed by atoms with Crippen LogP contribution >= 0.6 is 0 Å². The number of phenols is 1. The molecule has 0 saturated carbocycles. The lowest BCUT2D eigenvalue weighted by Gasteiger charge is -2.29. The number of phenolic OH excluding ortho intramolecular Hbond substituents is 1. The van der Waals surface area contributed by atoms with Crippen LogP contribution in [0.1, 0.15) is 44.7 Å². The molecule has 7 heteroatoms. The van der Waals surface area contributed by atoms with Crippen molar-refractivity contribution in [2.75, 3.05) is 13.7 Å². The van der Waals surface area contributed by atoms with Crippen molar-refractivity contribution in [2.45, 2.75) is 44.7 Å². The predicted octanol–water partition coefficient (Wildman–Crippen LogP) is 0.733. The average Bonchev–Trinajstić information content (AvgIpc) is 3.11. The van der Waals surface area contributed by atoms with E-state index in [1.165, 1.54) is 7.05 Å². The van der Waals surface area contributed by atoms with Gasteiger partial charge in [0.05, 0.1) is 6.61 Å². The third-order valence-electron chi connectivity index (χ3n) is 5.87. The van der Waals surface area contributed by atoms with Crippen LogP contribution in [0.3, 0.4) is 0 Å². The Hall–Kier alpha value is -2.41. The molecule has 146 valence electrons. The Kier molecular flexibility index (Phi) is 5.24. The number of aromatic hydroxyl groups is 1. The van der Waals surface area contributed by atoms with E-state index in [-0.39, 0.29) is 30.2 Å². The summed E-state index contributed by atoms with van der Waals surface area (Å²) in [6.07, 6.45) is 2.10. The summed E-state index contributed by atoms with van der Waals surface area (Å²) in [5, 5.41) is 11.5. The maximum Gasteiger partial charge on any atom is 0.368 e. The maximum absolute atomic E-state index is 13.0. The zero-order chi connectivity index (χ0) is 19.8. The first-order valence-electron chi connectivity index (χ1n) is 9.51. The molecule has 7 nitrogen and oxygen atoms in total. The molecular weight excluding hydrogens is 348 g/mol. The van der Waals surface area contributed by atoms with Crippen LogP contribution in [0.15, 0.2) is 24.3 Å². The number of unbranched alkanes of at least 4 members (excludes halogenated alkanes) is 1. The highest BCUT2D eigenvalue weighted by Crippen LogP contribution is 2.46. The number of carbonyl (C=O) groups excluding carboxylic acids is 3. The second-order valence-corrected chi connectivity index (χ2v) is 7.39. The van der Waals surface area contributed by atoms with Gasteiger partial charge < -0.3 is 15.2 Å². The molecule has 3 rings (SSSR count). The predicted molar refractivity (Wildman–Crippen MR) is 96.4 cm³/mol. The number of likely N-dealkylation sites (tertiary alicyclic amines) is 1. The third kappa shape index (κ3) is 3.00. The van der Waals surface area contributed by atoms with E-state index in [0.717, 1.165) is 23.3 Å². The van der Waals surface area contributed by atoms with E-state index in [1.54, 1.807) is 31.2 Å². The zero-order valence-electron chi connectivity index (χ0n) is 16.0. The summed E-state index contributed by atoms with van der Waals surface area (Å²) in [4.78, 5) is 40.0. The average molecular weight is 375 g/mol. The Bertz CT molecular complexity index is 747. The van der Waals surface area contributed by atoms with E-state index in [2.05, 4.69) is 0 Å². The Morgan fingerprint density at radius 1 is 1.22 bits per heavy atom. The summed E-state index contributed by atoms with van der Waals surface area (Å²) in [7, 11) is 1.48. The Balaban J connectivity index is 2.10. The number of esters is 1. The minimum Gasteiger partial charge on any atom is -0.508 e. The number of hydrogen-bond acceptors (Lipinski definition) is 5. The third-order valence-corrected chi connectivity index (χ3v) is 5.87. The highest BCUT2D eigenvalue weighted by Gasteiger charge is 2.71. The highest BCUT2D eigenvalue weighted by molar-refractivity contribution is 6.08. The smallest absolute Gasteiger partial charge is 0.368 e. The Labute approximate surface area is 158 Å². The number of carbonyl (C=O) groups is 3. The molecule has 2 heterocycles. The van der Waals surface area contributed by atoms with Gasteiger partial charge in [0.25, 0.3) is 0 Å². The minimum atomic E-state index is -1.10. The van der Waals surface area contributed by atoms with Gasteiger partial charge in [0.2, 0.25) is 17.4 Å². The number of fused-ring (bicyclic) bond motifs is 1. The number of amides is 2. The first kappa shape index (κ1) is 19.4. The first-order chi connectivity index (χ1) is 12.9. The number of hydrogen-bond donors (Lipinski definition) is 2. The van der Waals surface area contributed by atoms with Crippen molar-refractivity contribution in [3.63, 3.8) is 0 Å². The van der Waals surface area contributed by atoms with Gasteiger partial charge >= 0.3 is 5.97 Å². The van der Waals surface area contributed by atoms with E-state index < -0.39 is 23.3 Å². The summed E-state index contributed by atoms with van der Waals surface area (Å²) < 4.78 is 5.36. The van der Waals surface area contributed by atoms with E-state index in [1.807, 2.05) is 12.2 Å². The second-order valence-electron chi connectivity index (χ2n) is 7.39. The van der Waals surface area contributed by atoms with Crippen LogP contribution in [0.5, 0.6) is 5.75 Å². The van der Waals surface area contributed by atoms with Gasteiger partial charge in [0.15, 0.2) is 0 Å². The molecule has 0 unspecified atom stereocenters. The van der Waals surface area contributed by atoms with Crippen LogP contribution in [0, 0.1) is 11.8 Å². The number of quaternary nitrogens is 1. The van der Waals surface area contributed by atoms with Gasteiger partial charge in [-0.05, 0) is 37.6 Å². The number of ether oxygens (including phenoxy) is 1. The molecule has 1 aromatic carbocycles. The van der Waals surface area contributed by atoms with Crippen molar-refractivity contribution in [2.24, 2.45) is 11.8 Å². The van der Waals surface area contributed by atoms with Crippen molar-refractivity contribution in [1.29, 1.82) is 0 Å². The lowest BCUT2D eigenvalue weighted by Crippen LogP contribution is -2.98. The van der Waals surface area contributed by atoms with Gasteiger partial charge in [-0.2, -0.15) is 0 Å². The molecule has 4 atom stereocenters. The fourth-order valence-electron chi connectivity index (χ4n) is 4.54. The zero-order valence-corrected chi connectivity index (χ0v) is 16.0. The van der Waals surface area contributed by atoms with E-state index >= 15 is 0 Å². The largest absolute Gasteiger partial charge is 0.508 e.